The van der Waals surface area contributed by atoms with Gasteiger partial charge >= 0.3 is 0 Å². The highest BCUT2D eigenvalue weighted by atomic mass is 79.9. The molecule has 1 aromatic carbocycles. The van der Waals surface area contributed by atoms with Crippen molar-refractivity contribution >= 4 is 27.3 Å². The van der Waals surface area contributed by atoms with Gasteiger partial charge in [-0.3, -0.25) is 11.3 Å². The fourth-order valence-electron chi connectivity index (χ4n) is 1.91. The smallest absolute Gasteiger partial charge is 0.0897 e. The van der Waals surface area contributed by atoms with E-state index in [2.05, 4.69) is 50.8 Å². The van der Waals surface area contributed by atoms with E-state index in [1.807, 2.05) is 13.0 Å². The highest BCUT2D eigenvalue weighted by molar-refractivity contribution is 9.10. The number of nitrogens with zero attached hydrogens (tertiary/aromatic N) is 1. The maximum Gasteiger partial charge on any atom is 0.0897 e. The van der Waals surface area contributed by atoms with Crippen LogP contribution in [0.5, 0.6) is 0 Å². The van der Waals surface area contributed by atoms with E-state index in [-0.39, 0.29) is 6.04 Å². The summed E-state index contributed by atoms with van der Waals surface area (Å²) in [6.07, 6.45) is 0.795. The third-order valence-corrected chi connectivity index (χ3v) is 4.78. The Morgan fingerprint density at radius 1 is 1.44 bits per heavy atom. The van der Waals surface area contributed by atoms with E-state index in [1.165, 1.54) is 11.1 Å². The number of nitrogens with one attached hydrogen (secondary N) is 1. The Morgan fingerprint density at radius 3 is 2.83 bits per heavy atom. The average Bonchev–Trinajstić information content (AvgIpc) is 2.76. The Hall–Kier alpha value is -0.750. The first-order valence-electron chi connectivity index (χ1n) is 5.74. The van der Waals surface area contributed by atoms with Crippen molar-refractivity contribution in [3.05, 3.63) is 49.9 Å². The van der Waals surface area contributed by atoms with Gasteiger partial charge in [0.2, 0.25) is 0 Å². The molecule has 0 bridgehead atoms. The Morgan fingerprint density at radius 2 is 2.22 bits per heavy atom. The molecule has 3 N–H and O–H groups in total. The predicted molar refractivity (Wildman–Crippen MR) is 79.5 cm³/mol. The Balaban J connectivity index is 2.25. The first-order chi connectivity index (χ1) is 8.61. The molecule has 1 aromatic heterocycles. The van der Waals surface area contributed by atoms with Gasteiger partial charge < -0.3 is 0 Å². The Kier molecular flexibility index (Phi) is 4.50. The van der Waals surface area contributed by atoms with Crippen molar-refractivity contribution in [2.24, 2.45) is 5.84 Å². The summed E-state index contributed by atoms with van der Waals surface area (Å²) >= 11 is 5.29. The molecule has 96 valence electrons. The van der Waals surface area contributed by atoms with Crippen LogP contribution in [0.25, 0.3) is 0 Å². The summed E-state index contributed by atoms with van der Waals surface area (Å²) < 4.78 is 1.11. The molecule has 0 aliphatic heterocycles. The lowest BCUT2D eigenvalue weighted by Crippen LogP contribution is -2.30. The fraction of sp³-hybridized carbons (Fsp3) is 0.308. The molecule has 5 heteroatoms. The number of aromatic nitrogens is 1. The number of hydrogen-bond acceptors (Lipinski definition) is 4. The molecule has 0 spiro atoms. The number of aryl methyl sites for hydroxylation is 2. The number of halogens is 1. The molecule has 0 aliphatic rings. The van der Waals surface area contributed by atoms with Crippen molar-refractivity contribution in [3.8, 4) is 0 Å². The van der Waals surface area contributed by atoms with Gasteiger partial charge in [0, 0.05) is 16.3 Å². The number of benzene rings is 1. The van der Waals surface area contributed by atoms with Crippen LogP contribution in [0.4, 0.5) is 0 Å². The molecule has 1 heterocycles. The van der Waals surface area contributed by atoms with E-state index in [1.54, 1.807) is 11.3 Å². The monoisotopic (exact) mass is 325 g/mol. The predicted octanol–water partition coefficient (Wildman–Crippen LogP) is 3.27. The molecule has 2 aromatic rings. The minimum Gasteiger partial charge on any atom is -0.271 e. The molecule has 0 amide bonds. The SMILES string of the molecule is Cc1nc(CC(NN)c2cccc(C)c2Br)cs1. The number of nitrogens with two attached hydrogens (primary N) is 1. The van der Waals surface area contributed by atoms with Crippen LogP contribution in [0.1, 0.15) is 27.9 Å². The summed E-state index contributed by atoms with van der Waals surface area (Å²) in [5, 5.41) is 3.17. The van der Waals surface area contributed by atoms with Crippen LogP contribution in [0.15, 0.2) is 28.1 Å². The fourth-order valence-corrected chi connectivity index (χ4v) is 3.08. The number of hydrogen-bond donors (Lipinski definition) is 2. The van der Waals surface area contributed by atoms with Crippen molar-refractivity contribution in [1.29, 1.82) is 0 Å². The first kappa shape index (κ1) is 13.7. The highest BCUT2D eigenvalue weighted by Crippen LogP contribution is 2.28. The van der Waals surface area contributed by atoms with E-state index in [4.69, 9.17) is 5.84 Å². The molecule has 3 nitrogen and oxygen atoms in total. The normalized spacial score (nSPS) is 12.7. The zero-order chi connectivity index (χ0) is 13.1. The maximum absolute atomic E-state index is 5.68. The average molecular weight is 326 g/mol. The molecule has 18 heavy (non-hydrogen) atoms. The van der Waals surface area contributed by atoms with Gasteiger partial charge in [0.15, 0.2) is 0 Å². The van der Waals surface area contributed by atoms with Gasteiger partial charge in [-0.25, -0.2) is 4.98 Å². The summed E-state index contributed by atoms with van der Waals surface area (Å²) in [4.78, 5) is 4.48. The molecule has 0 saturated carbocycles. The molecule has 0 fully saturated rings. The maximum atomic E-state index is 5.68. The number of hydrazine groups is 1. The molecule has 0 aliphatic carbocycles. The van der Waals surface area contributed by atoms with Crippen molar-refractivity contribution in [3.63, 3.8) is 0 Å². The molecule has 0 saturated heterocycles. The molecule has 1 unspecified atom stereocenters. The van der Waals surface area contributed by atoms with Gasteiger partial charge in [-0.2, -0.15) is 0 Å². The lowest BCUT2D eigenvalue weighted by atomic mass is 10.0. The Bertz CT molecular complexity index is 539. The second kappa shape index (κ2) is 5.93. The van der Waals surface area contributed by atoms with E-state index in [0.717, 1.165) is 21.6 Å². The third kappa shape index (κ3) is 2.98. The summed E-state index contributed by atoms with van der Waals surface area (Å²) in [6, 6.07) is 6.28. The largest absolute Gasteiger partial charge is 0.271 e. The molecular formula is C13H16BrN3S. The van der Waals surface area contributed by atoms with Crippen LogP contribution >= 0.6 is 27.3 Å². The third-order valence-electron chi connectivity index (χ3n) is 2.88. The summed E-state index contributed by atoms with van der Waals surface area (Å²) in [7, 11) is 0. The number of thiazole rings is 1. The summed E-state index contributed by atoms with van der Waals surface area (Å²) in [5.74, 6) is 5.68. The van der Waals surface area contributed by atoms with E-state index in [9.17, 15) is 0 Å². The second-order valence-corrected chi connectivity index (χ2v) is 6.11. The summed E-state index contributed by atoms with van der Waals surface area (Å²) in [6.45, 7) is 4.09. The van der Waals surface area contributed by atoms with Gasteiger partial charge in [-0.05, 0) is 25.0 Å². The standard InChI is InChI=1S/C13H16BrN3S/c1-8-4-3-5-11(13(8)14)12(17-15)6-10-7-18-9(2)16-10/h3-5,7,12,17H,6,15H2,1-2H3. The van der Waals surface area contributed by atoms with Gasteiger partial charge in [0.1, 0.15) is 0 Å². The van der Waals surface area contributed by atoms with Crippen LogP contribution in [0.2, 0.25) is 0 Å². The highest BCUT2D eigenvalue weighted by Gasteiger charge is 2.15. The van der Waals surface area contributed by atoms with Crippen LogP contribution < -0.4 is 11.3 Å². The lowest BCUT2D eigenvalue weighted by Gasteiger charge is -2.18. The van der Waals surface area contributed by atoms with Crippen molar-refractivity contribution in [2.45, 2.75) is 26.3 Å². The lowest BCUT2D eigenvalue weighted by molar-refractivity contribution is 0.544. The van der Waals surface area contributed by atoms with Crippen molar-refractivity contribution in [2.75, 3.05) is 0 Å². The van der Waals surface area contributed by atoms with Gasteiger partial charge in [-0.1, -0.05) is 34.1 Å². The van der Waals surface area contributed by atoms with Crippen molar-refractivity contribution in [1.82, 2.24) is 10.4 Å². The molecule has 2 rings (SSSR count). The second-order valence-electron chi connectivity index (χ2n) is 4.26. The summed E-state index contributed by atoms with van der Waals surface area (Å²) in [5.41, 5.74) is 6.34. The zero-order valence-electron chi connectivity index (χ0n) is 10.4. The number of rotatable bonds is 4. The van der Waals surface area contributed by atoms with E-state index < -0.39 is 0 Å². The van der Waals surface area contributed by atoms with Crippen LogP contribution in [0, 0.1) is 13.8 Å². The minimum atomic E-state index is 0.0702. The van der Waals surface area contributed by atoms with E-state index >= 15 is 0 Å². The van der Waals surface area contributed by atoms with Gasteiger partial charge in [0.05, 0.1) is 16.7 Å². The topological polar surface area (TPSA) is 50.9 Å². The van der Waals surface area contributed by atoms with Crippen LogP contribution in [-0.2, 0) is 6.42 Å². The van der Waals surface area contributed by atoms with Gasteiger partial charge in [-0.15, -0.1) is 11.3 Å². The van der Waals surface area contributed by atoms with E-state index in [0.29, 0.717) is 0 Å². The minimum absolute atomic E-state index is 0.0702. The first-order valence-corrected chi connectivity index (χ1v) is 7.41. The molecule has 1 atom stereocenters. The van der Waals surface area contributed by atoms with Crippen LogP contribution in [0.3, 0.4) is 0 Å². The molecule has 0 radical (unpaired) electrons. The quantitative estimate of drug-likeness (QED) is 0.670. The zero-order valence-corrected chi connectivity index (χ0v) is 12.8. The Labute approximate surface area is 120 Å². The van der Waals surface area contributed by atoms with Crippen molar-refractivity contribution < 1.29 is 0 Å². The van der Waals surface area contributed by atoms with Gasteiger partial charge in [0.25, 0.3) is 0 Å². The van der Waals surface area contributed by atoms with Crippen LogP contribution in [-0.4, -0.2) is 4.98 Å². The molecular weight excluding hydrogens is 310 g/mol.